The summed E-state index contributed by atoms with van der Waals surface area (Å²) in [6.07, 6.45) is 6.73. The average molecular weight is 538 g/mol. The van der Waals surface area contributed by atoms with Crippen molar-refractivity contribution in [3.05, 3.63) is 56.2 Å². The number of likely N-dealkylation sites (tertiary alicyclic amines) is 1. The molecule has 1 aromatic heterocycles. The highest BCUT2D eigenvalue weighted by Gasteiger charge is 2.37. The molecule has 0 aliphatic carbocycles. The minimum absolute atomic E-state index is 0.0715. The smallest absolute Gasteiger partial charge is 0.294 e. The van der Waals surface area contributed by atoms with Gasteiger partial charge in [0.1, 0.15) is 12.2 Å². The number of hydrogen-bond acceptors (Lipinski definition) is 7. The van der Waals surface area contributed by atoms with E-state index >= 15 is 0 Å². The normalized spacial score (nSPS) is 19.2. The van der Waals surface area contributed by atoms with Crippen LogP contribution in [0.4, 0.5) is 16.2 Å². The molecule has 0 spiro atoms. The Balaban J connectivity index is 1.41. The standard InChI is InChI=1S/C27H31N5O5S/c1-18-14-20(15-24-26(34)30(27(35)38-24)17-25(33)29-12-6-7-13-29)19(2)31(18)21-8-9-22(23(16-21)32(36)37)28-10-4-3-5-11-28/h8-9,14-16H,3-7,10-13,17H2,1-2H3/b24-15-. The first-order valence-electron chi connectivity index (χ1n) is 13.0. The maximum Gasteiger partial charge on any atom is 0.294 e. The molecule has 3 aliphatic rings. The van der Waals surface area contributed by atoms with Crippen molar-refractivity contribution in [3.8, 4) is 5.69 Å². The zero-order valence-corrected chi connectivity index (χ0v) is 22.5. The van der Waals surface area contributed by atoms with Crippen molar-refractivity contribution in [1.29, 1.82) is 0 Å². The van der Waals surface area contributed by atoms with Gasteiger partial charge in [0.15, 0.2) is 0 Å². The van der Waals surface area contributed by atoms with Crippen LogP contribution in [0.2, 0.25) is 0 Å². The number of aromatic nitrogens is 1. The molecular formula is C27H31N5O5S. The number of aryl methyl sites for hydroxylation is 1. The van der Waals surface area contributed by atoms with Crippen LogP contribution in [0.15, 0.2) is 29.2 Å². The number of nitro groups is 1. The van der Waals surface area contributed by atoms with Crippen molar-refractivity contribution in [2.24, 2.45) is 0 Å². The van der Waals surface area contributed by atoms with Crippen LogP contribution in [-0.4, -0.2) is 69.1 Å². The summed E-state index contributed by atoms with van der Waals surface area (Å²) in [6, 6.07) is 7.20. The van der Waals surface area contributed by atoms with E-state index < -0.39 is 11.1 Å². The topological polar surface area (TPSA) is 109 Å². The molecule has 3 fully saturated rings. The average Bonchev–Trinajstić information content (AvgIpc) is 3.60. The molecule has 11 heteroatoms. The van der Waals surface area contributed by atoms with Crippen LogP contribution in [0, 0.1) is 24.0 Å². The number of piperidine rings is 1. The highest BCUT2D eigenvalue weighted by Crippen LogP contribution is 2.36. The zero-order valence-electron chi connectivity index (χ0n) is 21.6. The molecule has 4 heterocycles. The maximum absolute atomic E-state index is 13.0. The quantitative estimate of drug-likeness (QED) is 0.300. The third kappa shape index (κ3) is 4.94. The Hall–Kier alpha value is -3.60. The second kappa shape index (κ2) is 10.6. The summed E-state index contributed by atoms with van der Waals surface area (Å²) in [6.45, 7) is 6.48. The minimum Gasteiger partial charge on any atom is -0.366 e. The molecule has 10 nitrogen and oxygen atoms in total. The first-order chi connectivity index (χ1) is 18.2. The third-order valence-corrected chi connectivity index (χ3v) is 8.40. The number of rotatable bonds is 6. The number of anilines is 1. The fourth-order valence-electron chi connectivity index (χ4n) is 5.51. The lowest BCUT2D eigenvalue weighted by Gasteiger charge is -2.28. The number of imide groups is 1. The lowest BCUT2D eigenvalue weighted by molar-refractivity contribution is -0.384. The lowest BCUT2D eigenvalue weighted by Crippen LogP contribution is -2.40. The molecule has 0 N–H and O–H groups in total. The van der Waals surface area contributed by atoms with Gasteiger partial charge in [-0.3, -0.25) is 29.4 Å². The molecule has 0 unspecified atom stereocenters. The van der Waals surface area contributed by atoms with E-state index in [4.69, 9.17) is 0 Å². The number of nitrogens with zero attached hydrogens (tertiary/aromatic N) is 5. The van der Waals surface area contributed by atoms with Gasteiger partial charge < -0.3 is 14.4 Å². The number of thioether (sulfide) groups is 1. The summed E-state index contributed by atoms with van der Waals surface area (Å²) < 4.78 is 1.92. The van der Waals surface area contributed by atoms with E-state index in [1.807, 2.05) is 36.6 Å². The van der Waals surface area contributed by atoms with E-state index in [1.165, 1.54) is 0 Å². The van der Waals surface area contributed by atoms with Crippen LogP contribution in [0.3, 0.4) is 0 Å². The van der Waals surface area contributed by atoms with E-state index in [2.05, 4.69) is 4.90 Å². The number of benzene rings is 1. The Bertz CT molecular complexity index is 1340. The SMILES string of the molecule is Cc1cc(/C=C2\SC(=O)N(CC(=O)N3CCCC3)C2=O)c(C)n1-c1ccc(N2CCCCC2)c([N+](=O)[O-])c1. The zero-order chi connectivity index (χ0) is 27.0. The number of amides is 3. The van der Waals surface area contributed by atoms with Crippen LogP contribution in [0.5, 0.6) is 0 Å². The van der Waals surface area contributed by atoms with Gasteiger partial charge in [-0.1, -0.05) is 0 Å². The molecule has 38 heavy (non-hydrogen) atoms. The summed E-state index contributed by atoms with van der Waals surface area (Å²) >= 11 is 0.829. The van der Waals surface area contributed by atoms with Gasteiger partial charge in [-0.05, 0) is 87.6 Å². The van der Waals surface area contributed by atoms with Gasteiger partial charge in [0.25, 0.3) is 16.8 Å². The van der Waals surface area contributed by atoms with Crippen molar-refractivity contribution in [1.82, 2.24) is 14.4 Å². The maximum atomic E-state index is 13.0. The van der Waals surface area contributed by atoms with E-state index in [9.17, 15) is 24.5 Å². The fraction of sp³-hybridized carbons (Fsp3) is 0.444. The highest BCUT2D eigenvalue weighted by molar-refractivity contribution is 8.18. The van der Waals surface area contributed by atoms with Gasteiger partial charge in [0.05, 0.1) is 15.5 Å². The van der Waals surface area contributed by atoms with Gasteiger partial charge in [-0.15, -0.1) is 0 Å². The first kappa shape index (κ1) is 26.0. The summed E-state index contributed by atoms with van der Waals surface area (Å²) in [5.74, 6) is -0.683. The molecule has 3 saturated heterocycles. The summed E-state index contributed by atoms with van der Waals surface area (Å²) in [5.41, 5.74) is 3.75. The Labute approximate surface area is 225 Å². The van der Waals surface area contributed by atoms with Crippen molar-refractivity contribution >= 4 is 46.3 Å². The number of carbonyl (C=O) groups is 3. The Kier molecular flexibility index (Phi) is 7.29. The van der Waals surface area contributed by atoms with Crippen molar-refractivity contribution in [2.75, 3.05) is 37.6 Å². The number of carbonyl (C=O) groups excluding carboxylic acids is 3. The van der Waals surface area contributed by atoms with Crippen molar-refractivity contribution in [3.63, 3.8) is 0 Å². The van der Waals surface area contributed by atoms with Crippen molar-refractivity contribution in [2.45, 2.75) is 46.0 Å². The molecule has 3 amide bonds. The van der Waals surface area contributed by atoms with Gasteiger partial charge in [0, 0.05) is 43.6 Å². The number of hydrogen-bond donors (Lipinski definition) is 0. The van der Waals surface area contributed by atoms with Gasteiger partial charge in [-0.25, -0.2) is 0 Å². The Morgan fingerprint density at radius 1 is 1.03 bits per heavy atom. The minimum atomic E-state index is -0.473. The molecule has 3 aliphatic heterocycles. The predicted octanol–water partition coefficient (Wildman–Crippen LogP) is 4.65. The Morgan fingerprint density at radius 2 is 1.71 bits per heavy atom. The van der Waals surface area contributed by atoms with E-state index in [1.54, 1.807) is 17.0 Å². The van der Waals surface area contributed by atoms with Crippen LogP contribution in [-0.2, 0) is 9.59 Å². The molecular weight excluding hydrogens is 506 g/mol. The monoisotopic (exact) mass is 537 g/mol. The van der Waals surface area contributed by atoms with Gasteiger partial charge in [-0.2, -0.15) is 0 Å². The third-order valence-electron chi connectivity index (χ3n) is 7.49. The molecule has 0 radical (unpaired) electrons. The Morgan fingerprint density at radius 3 is 2.39 bits per heavy atom. The number of nitro benzene ring substituents is 1. The van der Waals surface area contributed by atoms with Gasteiger partial charge >= 0.3 is 0 Å². The fourth-order valence-corrected chi connectivity index (χ4v) is 6.34. The summed E-state index contributed by atoms with van der Waals surface area (Å²) in [4.78, 5) is 54.8. The van der Waals surface area contributed by atoms with Crippen LogP contribution in [0.25, 0.3) is 11.8 Å². The molecule has 1 aromatic carbocycles. The van der Waals surface area contributed by atoms with Crippen LogP contribution in [0.1, 0.15) is 49.1 Å². The molecule has 0 atom stereocenters. The van der Waals surface area contributed by atoms with Crippen LogP contribution >= 0.6 is 11.8 Å². The van der Waals surface area contributed by atoms with Crippen LogP contribution < -0.4 is 4.90 Å². The summed E-state index contributed by atoms with van der Waals surface area (Å²) in [5, 5.41) is 11.5. The molecule has 0 bridgehead atoms. The largest absolute Gasteiger partial charge is 0.366 e. The molecule has 5 rings (SSSR count). The summed E-state index contributed by atoms with van der Waals surface area (Å²) in [7, 11) is 0. The molecule has 200 valence electrons. The second-order valence-electron chi connectivity index (χ2n) is 10.00. The van der Waals surface area contributed by atoms with E-state index in [0.29, 0.717) is 24.5 Å². The lowest BCUT2D eigenvalue weighted by atomic mass is 10.1. The van der Waals surface area contributed by atoms with Crippen molar-refractivity contribution < 1.29 is 19.3 Å². The molecule has 2 aromatic rings. The molecule has 0 saturated carbocycles. The van der Waals surface area contributed by atoms with E-state index in [0.717, 1.165) is 78.8 Å². The second-order valence-corrected chi connectivity index (χ2v) is 11.0. The highest BCUT2D eigenvalue weighted by atomic mass is 32.2. The van der Waals surface area contributed by atoms with E-state index in [-0.39, 0.29) is 28.0 Å². The van der Waals surface area contributed by atoms with Gasteiger partial charge in [0.2, 0.25) is 5.91 Å². The first-order valence-corrected chi connectivity index (χ1v) is 13.8. The predicted molar refractivity (Wildman–Crippen MR) is 146 cm³/mol.